The summed E-state index contributed by atoms with van der Waals surface area (Å²) >= 11 is 0. The highest BCUT2D eigenvalue weighted by Crippen LogP contribution is 2.27. The standard InChI is InChI=1S/C27H37NO3/c1-5-6-7-11-14-27(29)28(21-22(2)19-23-12-9-8-10-13-23)18-17-24-15-16-25(30-3)26(20-24)31-4/h8-10,12-13,15-16,19-20H,5-7,11,14,17-18,21H2,1-4H3/b22-19+. The molecule has 168 valence electrons. The highest BCUT2D eigenvalue weighted by Gasteiger charge is 2.14. The van der Waals surface area contributed by atoms with Crippen LogP contribution in [0.1, 0.15) is 57.1 Å². The summed E-state index contributed by atoms with van der Waals surface area (Å²) in [6, 6.07) is 16.2. The largest absolute Gasteiger partial charge is 0.493 e. The molecular weight excluding hydrogens is 386 g/mol. The number of benzene rings is 2. The molecule has 4 nitrogen and oxygen atoms in total. The Morgan fingerprint density at radius 3 is 2.39 bits per heavy atom. The van der Waals surface area contributed by atoms with Gasteiger partial charge in [0.25, 0.3) is 0 Å². The summed E-state index contributed by atoms with van der Waals surface area (Å²) < 4.78 is 10.8. The van der Waals surface area contributed by atoms with Crippen LogP contribution in [0.4, 0.5) is 0 Å². The van der Waals surface area contributed by atoms with Crippen LogP contribution in [0.15, 0.2) is 54.1 Å². The zero-order valence-electron chi connectivity index (χ0n) is 19.5. The number of hydrogen-bond donors (Lipinski definition) is 0. The van der Waals surface area contributed by atoms with Crippen molar-refractivity contribution < 1.29 is 14.3 Å². The van der Waals surface area contributed by atoms with Crippen LogP contribution in [0.2, 0.25) is 0 Å². The molecule has 1 amide bonds. The first-order valence-corrected chi connectivity index (χ1v) is 11.3. The van der Waals surface area contributed by atoms with Gasteiger partial charge in [0.15, 0.2) is 11.5 Å². The van der Waals surface area contributed by atoms with Crippen molar-refractivity contribution in [3.05, 3.63) is 65.2 Å². The molecular formula is C27H37NO3. The fourth-order valence-electron chi connectivity index (χ4n) is 3.63. The molecule has 0 aromatic heterocycles. The monoisotopic (exact) mass is 423 g/mol. The quantitative estimate of drug-likeness (QED) is 0.363. The summed E-state index contributed by atoms with van der Waals surface area (Å²) in [5.41, 5.74) is 3.47. The molecule has 2 aromatic rings. The number of ether oxygens (including phenoxy) is 2. The van der Waals surface area contributed by atoms with E-state index in [1.54, 1.807) is 14.2 Å². The van der Waals surface area contributed by atoms with E-state index in [9.17, 15) is 4.79 Å². The Labute approximate surface area is 187 Å². The van der Waals surface area contributed by atoms with Gasteiger partial charge in [0, 0.05) is 19.5 Å². The van der Waals surface area contributed by atoms with E-state index < -0.39 is 0 Å². The number of amides is 1. The summed E-state index contributed by atoms with van der Waals surface area (Å²) in [5, 5.41) is 0. The second-order valence-corrected chi connectivity index (χ2v) is 7.97. The zero-order valence-corrected chi connectivity index (χ0v) is 19.5. The van der Waals surface area contributed by atoms with E-state index in [1.807, 2.05) is 41.3 Å². The number of carbonyl (C=O) groups is 1. The van der Waals surface area contributed by atoms with E-state index in [4.69, 9.17) is 9.47 Å². The number of hydrogen-bond acceptors (Lipinski definition) is 3. The third-order valence-corrected chi connectivity index (χ3v) is 5.37. The predicted molar refractivity (Wildman–Crippen MR) is 129 cm³/mol. The van der Waals surface area contributed by atoms with E-state index in [2.05, 4.69) is 32.1 Å². The van der Waals surface area contributed by atoms with Crippen molar-refractivity contribution in [2.45, 2.75) is 52.4 Å². The zero-order chi connectivity index (χ0) is 22.5. The van der Waals surface area contributed by atoms with E-state index in [0.29, 0.717) is 19.5 Å². The highest BCUT2D eigenvalue weighted by atomic mass is 16.5. The second kappa shape index (κ2) is 13.5. The van der Waals surface area contributed by atoms with Crippen molar-refractivity contribution in [2.75, 3.05) is 27.3 Å². The van der Waals surface area contributed by atoms with Crippen LogP contribution in [-0.4, -0.2) is 38.1 Å². The van der Waals surface area contributed by atoms with Gasteiger partial charge in [-0.1, -0.05) is 74.2 Å². The minimum Gasteiger partial charge on any atom is -0.493 e. The van der Waals surface area contributed by atoms with Crippen LogP contribution in [0.5, 0.6) is 11.5 Å². The summed E-state index contributed by atoms with van der Waals surface area (Å²) in [6.07, 6.45) is 7.99. The Bertz CT molecular complexity index is 830. The molecule has 0 N–H and O–H groups in total. The average Bonchev–Trinajstić information content (AvgIpc) is 2.79. The van der Waals surface area contributed by atoms with Gasteiger partial charge >= 0.3 is 0 Å². The van der Waals surface area contributed by atoms with E-state index in [0.717, 1.165) is 41.9 Å². The van der Waals surface area contributed by atoms with Gasteiger partial charge in [-0.05, 0) is 43.0 Å². The lowest BCUT2D eigenvalue weighted by atomic mass is 10.1. The first-order valence-electron chi connectivity index (χ1n) is 11.3. The van der Waals surface area contributed by atoms with Crippen LogP contribution in [0.3, 0.4) is 0 Å². The number of methoxy groups -OCH3 is 2. The number of carbonyl (C=O) groups excluding carboxylic acids is 1. The van der Waals surface area contributed by atoms with E-state index in [1.165, 1.54) is 18.4 Å². The van der Waals surface area contributed by atoms with E-state index >= 15 is 0 Å². The van der Waals surface area contributed by atoms with Crippen LogP contribution in [-0.2, 0) is 11.2 Å². The molecule has 4 heteroatoms. The van der Waals surface area contributed by atoms with Crippen molar-refractivity contribution >= 4 is 12.0 Å². The van der Waals surface area contributed by atoms with Gasteiger partial charge < -0.3 is 14.4 Å². The molecule has 0 heterocycles. The molecule has 31 heavy (non-hydrogen) atoms. The molecule has 0 bridgehead atoms. The second-order valence-electron chi connectivity index (χ2n) is 7.97. The SMILES string of the molecule is CCCCCCC(=O)N(CCc1ccc(OC)c(OC)c1)C/C(C)=C/c1ccccc1. The molecule has 0 spiro atoms. The van der Waals surface area contributed by atoms with Gasteiger partial charge in [0.05, 0.1) is 14.2 Å². The Morgan fingerprint density at radius 1 is 0.968 bits per heavy atom. The third-order valence-electron chi connectivity index (χ3n) is 5.37. The van der Waals surface area contributed by atoms with Gasteiger partial charge in [-0.25, -0.2) is 0 Å². The molecule has 0 fully saturated rings. The molecule has 0 unspecified atom stereocenters. The fraction of sp³-hybridized carbons (Fsp3) is 0.444. The van der Waals surface area contributed by atoms with Gasteiger partial charge in [-0.2, -0.15) is 0 Å². The van der Waals surface area contributed by atoms with Gasteiger partial charge in [-0.3, -0.25) is 4.79 Å². The normalized spacial score (nSPS) is 11.3. The van der Waals surface area contributed by atoms with Crippen LogP contribution >= 0.6 is 0 Å². The first kappa shape index (κ1) is 24.5. The van der Waals surface area contributed by atoms with Gasteiger partial charge in [-0.15, -0.1) is 0 Å². The number of rotatable bonds is 13. The van der Waals surface area contributed by atoms with Crippen molar-refractivity contribution in [1.29, 1.82) is 0 Å². The lowest BCUT2D eigenvalue weighted by Gasteiger charge is -2.24. The van der Waals surface area contributed by atoms with Crippen molar-refractivity contribution in [2.24, 2.45) is 0 Å². The minimum atomic E-state index is 0.234. The maximum Gasteiger partial charge on any atom is 0.222 e. The topological polar surface area (TPSA) is 38.8 Å². The maximum absolute atomic E-state index is 13.0. The summed E-state index contributed by atoms with van der Waals surface area (Å²) in [7, 11) is 3.28. The van der Waals surface area contributed by atoms with E-state index in [-0.39, 0.29) is 5.91 Å². The Morgan fingerprint density at radius 2 is 1.71 bits per heavy atom. The smallest absolute Gasteiger partial charge is 0.222 e. The molecule has 2 rings (SSSR count). The molecule has 0 radical (unpaired) electrons. The number of unbranched alkanes of at least 4 members (excludes halogenated alkanes) is 3. The van der Waals surface area contributed by atoms with Gasteiger partial charge in [0.2, 0.25) is 5.91 Å². The van der Waals surface area contributed by atoms with Crippen molar-refractivity contribution in [3.63, 3.8) is 0 Å². The summed E-state index contributed by atoms with van der Waals surface area (Å²) in [6.45, 7) is 5.62. The summed E-state index contributed by atoms with van der Waals surface area (Å²) in [5.74, 6) is 1.67. The Kier molecular flexibility index (Phi) is 10.7. The van der Waals surface area contributed by atoms with Crippen LogP contribution < -0.4 is 9.47 Å². The van der Waals surface area contributed by atoms with Crippen molar-refractivity contribution in [1.82, 2.24) is 4.90 Å². The molecule has 0 aliphatic heterocycles. The van der Waals surface area contributed by atoms with Crippen LogP contribution in [0, 0.1) is 0 Å². The average molecular weight is 424 g/mol. The van der Waals surface area contributed by atoms with Crippen LogP contribution in [0.25, 0.3) is 6.08 Å². The lowest BCUT2D eigenvalue weighted by molar-refractivity contribution is -0.130. The number of nitrogens with zero attached hydrogens (tertiary/aromatic N) is 1. The highest BCUT2D eigenvalue weighted by molar-refractivity contribution is 5.76. The minimum absolute atomic E-state index is 0.234. The van der Waals surface area contributed by atoms with Crippen molar-refractivity contribution in [3.8, 4) is 11.5 Å². The predicted octanol–water partition coefficient (Wildman–Crippen LogP) is 6.15. The Balaban J connectivity index is 2.07. The van der Waals surface area contributed by atoms with Gasteiger partial charge in [0.1, 0.15) is 0 Å². The summed E-state index contributed by atoms with van der Waals surface area (Å²) in [4.78, 5) is 15.0. The molecule has 0 atom stereocenters. The fourth-order valence-corrected chi connectivity index (χ4v) is 3.63. The third kappa shape index (κ3) is 8.49. The molecule has 0 saturated carbocycles. The molecule has 0 saturated heterocycles. The lowest BCUT2D eigenvalue weighted by Crippen LogP contribution is -2.34. The Hall–Kier alpha value is -2.75. The molecule has 0 aliphatic carbocycles. The molecule has 0 aliphatic rings. The first-order chi connectivity index (χ1) is 15.1. The maximum atomic E-state index is 13.0. The molecule has 2 aromatic carbocycles.